The van der Waals surface area contributed by atoms with Gasteiger partial charge < -0.3 is 4.74 Å². The number of halogens is 2. The lowest BCUT2D eigenvalue weighted by atomic mass is 9.89. The van der Waals surface area contributed by atoms with Crippen molar-refractivity contribution in [3.8, 4) is 22.3 Å². The Bertz CT molecular complexity index is 1020. The molecule has 2 unspecified atom stereocenters. The SMILES string of the molecule is CCCc1ccc(-c2ccc(-c3ccc(C4CCC(CCC)OC4)cc3)c(F)c2F)cc1. The van der Waals surface area contributed by atoms with Gasteiger partial charge in [-0.1, -0.05) is 87.4 Å². The number of hydrogen-bond donors (Lipinski definition) is 0. The zero-order chi connectivity index (χ0) is 22.5. The summed E-state index contributed by atoms with van der Waals surface area (Å²) < 4.78 is 36.0. The van der Waals surface area contributed by atoms with Gasteiger partial charge >= 0.3 is 0 Å². The lowest BCUT2D eigenvalue weighted by molar-refractivity contribution is -0.00111. The number of ether oxygens (including phenoxy) is 1. The molecule has 0 bridgehead atoms. The van der Waals surface area contributed by atoms with Gasteiger partial charge in [-0.25, -0.2) is 8.78 Å². The molecule has 3 heteroatoms. The monoisotopic (exact) mass is 434 g/mol. The predicted octanol–water partition coefficient (Wildman–Crippen LogP) is 8.31. The largest absolute Gasteiger partial charge is 0.378 e. The minimum absolute atomic E-state index is 0.295. The molecule has 1 aliphatic heterocycles. The first-order chi connectivity index (χ1) is 15.6. The summed E-state index contributed by atoms with van der Waals surface area (Å²) in [5, 5.41) is 0. The Balaban J connectivity index is 1.51. The molecular weight excluding hydrogens is 402 g/mol. The smallest absolute Gasteiger partial charge is 0.167 e. The van der Waals surface area contributed by atoms with E-state index in [1.807, 2.05) is 48.5 Å². The van der Waals surface area contributed by atoms with E-state index in [0.29, 0.717) is 34.3 Å². The summed E-state index contributed by atoms with van der Waals surface area (Å²) in [5.41, 5.74) is 4.39. The predicted molar refractivity (Wildman–Crippen MR) is 128 cm³/mol. The van der Waals surface area contributed by atoms with Crippen molar-refractivity contribution in [3.63, 3.8) is 0 Å². The molecule has 4 rings (SSSR count). The van der Waals surface area contributed by atoms with Gasteiger partial charge in [0.2, 0.25) is 0 Å². The van der Waals surface area contributed by atoms with Crippen LogP contribution in [0.2, 0.25) is 0 Å². The summed E-state index contributed by atoms with van der Waals surface area (Å²) in [4.78, 5) is 0. The summed E-state index contributed by atoms with van der Waals surface area (Å²) in [6, 6.07) is 18.9. The van der Waals surface area contributed by atoms with Crippen LogP contribution in [0.15, 0.2) is 60.7 Å². The molecule has 0 amide bonds. The molecule has 1 nitrogen and oxygen atoms in total. The number of benzene rings is 3. The zero-order valence-corrected chi connectivity index (χ0v) is 19.0. The van der Waals surface area contributed by atoms with Gasteiger partial charge in [0.15, 0.2) is 11.6 Å². The van der Waals surface area contributed by atoms with E-state index in [-0.39, 0.29) is 0 Å². The number of aryl methyl sites for hydroxylation is 1. The van der Waals surface area contributed by atoms with E-state index in [9.17, 15) is 4.39 Å². The van der Waals surface area contributed by atoms with Gasteiger partial charge in [0, 0.05) is 17.0 Å². The van der Waals surface area contributed by atoms with Crippen LogP contribution in [0.25, 0.3) is 22.3 Å². The van der Waals surface area contributed by atoms with Crippen molar-refractivity contribution in [1.82, 2.24) is 0 Å². The maximum atomic E-state index is 15.0. The van der Waals surface area contributed by atoms with Crippen LogP contribution in [0.3, 0.4) is 0 Å². The quantitative estimate of drug-likeness (QED) is 0.363. The summed E-state index contributed by atoms with van der Waals surface area (Å²) in [7, 11) is 0. The molecule has 1 fully saturated rings. The Labute approximate surface area is 190 Å². The minimum Gasteiger partial charge on any atom is -0.378 e. The molecule has 3 aromatic carbocycles. The Kier molecular flexibility index (Phi) is 7.36. The Hall–Kier alpha value is -2.52. The van der Waals surface area contributed by atoms with E-state index in [0.717, 1.165) is 45.1 Å². The highest BCUT2D eigenvalue weighted by Crippen LogP contribution is 2.34. The number of hydrogen-bond acceptors (Lipinski definition) is 1. The summed E-state index contributed by atoms with van der Waals surface area (Å²) in [6.45, 7) is 5.05. The summed E-state index contributed by atoms with van der Waals surface area (Å²) in [5.74, 6) is -1.22. The Morgan fingerprint density at radius 3 is 1.84 bits per heavy atom. The van der Waals surface area contributed by atoms with Crippen LogP contribution in [0.1, 0.15) is 63.0 Å². The second-order valence-electron chi connectivity index (χ2n) is 8.88. The topological polar surface area (TPSA) is 9.23 Å². The van der Waals surface area contributed by atoms with Crippen molar-refractivity contribution in [2.75, 3.05) is 6.61 Å². The fraction of sp³-hybridized carbons (Fsp3) is 0.379. The van der Waals surface area contributed by atoms with Crippen molar-refractivity contribution in [1.29, 1.82) is 0 Å². The van der Waals surface area contributed by atoms with Crippen molar-refractivity contribution >= 4 is 0 Å². The molecule has 2 atom stereocenters. The molecule has 168 valence electrons. The zero-order valence-electron chi connectivity index (χ0n) is 19.0. The normalized spacial score (nSPS) is 18.6. The molecule has 0 saturated carbocycles. The molecule has 32 heavy (non-hydrogen) atoms. The molecule has 0 aliphatic carbocycles. The van der Waals surface area contributed by atoms with Gasteiger partial charge in [0.25, 0.3) is 0 Å². The summed E-state index contributed by atoms with van der Waals surface area (Å²) in [6.07, 6.45) is 6.89. The van der Waals surface area contributed by atoms with Gasteiger partial charge in [0.05, 0.1) is 12.7 Å². The molecule has 1 saturated heterocycles. The van der Waals surface area contributed by atoms with Crippen LogP contribution in [0.4, 0.5) is 8.78 Å². The second kappa shape index (κ2) is 10.4. The van der Waals surface area contributed by atoms with E-state index >= 15 is 4.39 Å². The van der Waals surface area contributed by atoms with Gasteiger partial charge in [-0.15, -0.1) is 0 Å². The average Bonchev–Trinajstić information content (AvgIpc) is 2.83. The molecule has 1 aliphatic rings. The van der Waals surface area contributed by atoms with Gasteiger partial charge in [0.1, 0.15) is 0 Å². The maximum Gasteiger partial charge on any atom is 0.167 e. The first-order valence-electron chi connectivity index (χ1n) is 11.9. The fourth-order valence-electron chi connectivity index (χ4n) is 4.69. The third-order valence-electron chi connectivity index (χ3n) is 6.56. The van der Waals surface area contributed by atoms with Crippen LogP contribution < -0.4 is 0 Å². The van der Waals surface area contributed by atoms with Crippen molar-refractivity contribution in [2.45, 2.75) is 64.4 Å². The first kappa shape index (κ1) is 22.7. The van der Waals surface area contributed by atoms with Crippen LogP contribution in [-0.4, -0.2) is 12.7 Å². The third kappa shape index (κ3) is 4.94. The highest BCUT2D eigenvalue weighted by Gasteiger charge is 2.23. The van der Waals surface area contributed by atoms with Crippen LogP contribution in [0, 0.1) is 11.6 Å². The van der Waals surface area contributed by atoms with Crippen LogP contribution in [0.5, 0.6) is 0 Å². The van der Waals surface area contributed by atoms with E-state index in [4.69, 9.17) is 4.74 Å². The van der Waals surface area contributed by atoms with Crippen molar-refractivity contribution in [3.05, 3.63) is 83.4 Å². The van der Waals surface area contributed by atoms with E-state index in [2.05, 4.69) is 13.8 Å². The fourth-order valence-corrected chi connectivity index (χ4v) is 4.69. The minimum atomic E-state index is -0.795. The lowest BCUT2D eigenvalue weighted by Gasteiger charge is -2.29. The molecular formula is C29H32F2O. The highest BCUT2D eigenvalue weighted by molar-refractivity contribution is 5.72. The van der Waals surface area contributed by atoms with Crippen LogP contribution >= 0.6 is 0 Å². The van der Waals surface area contributed by atoms with Crippen LogP contribution in [-0.2, 0) is 11.2 Å². The second-order valence-corrected chi connectivity index (χ2v) is 8.88. The lowest BCUT2D eigenvalue weighted by Crippen LogP contribution is -2.24. The van der Waals surface area contributed by atoms with E-state index < -0.39 is 11.6 Å². The van der Waals surface area contributed by atoms with Gasteiger partial charge in [-0.3, -0.25) is 0 Å². The van der Waals surface area contributed by atoms with Crippen molar-refractivity contribution < 1.29 is 13.5 Å². The molecule has 0 aromatic heterocycles. The molecule has 0 radical (unpaired) electrons. The van der Waals surface area contributed by atoms with E-state index in [1.54, 1.807) is 12.1 Å². The Morgan fingerprint density at radius 2 is 1.34 bits per heavy atom. The van der Waals surface area contributed by atoms with Gasteiger partial charge in [-0.05, 0) is 47.9 Å². The Morgan fingerprint density at radius 1 is 0.750 bits per heavy atom. The first-order valence-corrected chi connectivity index (χ1v) is 11.9. The molecule has 3 aromatic rings. The molecule has 0 N–H and O–H groups in total. The molecule has 0 spiro atoms. The maximum absolute atomic E-state index is 15.0. The average molecular weight is 435 g/mol. The van der Waals surface area contributed by atoms with E-state index in [1.165, 1.54) is 11.1 Å². The van der Waals surface area contributed by atoms with Crippen molar-refractivity contribution in [2.24, 2.45) is 0 Å². The van der Waals surface area contributed by atoms with Gasteiger partial charge in [-0.2, -0.15) is 0 Å². The highest BCUT2D eigenvalue weighted by atomic mass is 19.2. The number of rotatable bonds is 7. The summed E-state index contributed by atoms with van der Waals surface area (Å²) >= 11 is 0. The third-order valence-corrected chi connectivity index (χ3v) is 6.56. The standard InChI is InChI=1S/C29H32F2O/c1-3-5-20-7-9-22(10-8-20)26-17-18-27(29(31)28(26)30)23-13-11-21(12-14-23)24-15-16-25(6-4-2)32-19-24/h7-14,17-18,24-25H,3-6,15-16,19H2,1-2H3. The molecule has 1 heterocycles.